The van der Waals surface area contributed by atoms with Crippen molar-refractivity contribution in [2.24, 2.45) is 0 Å². The van der Waals surface area contributed by atoms with Crippen LogP contribution in [0.5, 0.6) is 0 Å². The molecule has 0 saturated heterocycles. The number of halogens is 1. The number of aromatic nitrogens is 1. The van der Waals surface area contributed by atoms with Gasteiger partial charge in [0.25, 0.3) is 5.69 Å². The molecular weight excluding hydrogens is 318 g/mol. The maximum absolute atomic E-state index is 12.2. The zero-order chi connectivity index (χ0) is 15.5. The molecule has 0 amide bonds. The van der Waals surface area contributed by atoms with Crippen molar-refractivity contribution < 1.29 is 13.3 Å². The molecule has 2 aromatic rings. The molecule has 0 unspecified atom stereocenters. The molecule has 9 heteroatoms. The van der Waals surface area contributed by atoms with Crippen molar-refractivity contribution in [2.45, 2.75) is 11.4 Å². The predicted octanol–water partition coefficient (Wildman–Crippen LogP) is 2.12. The molecule has 1 heterocycles. The second-order valence-corrected chi connectivity index (χ2v) is 6.10. The fourth-order valence-corrected chi connectivity index (χ4v) is 3.00. The molecule has 0 bridgehead atoms. The minimum atomic E-state index is -4.03. The van der Waals surface area contributed by atoms with Gasteiger partial charge in [-0.25, -0.2) is 18.1 Å². The molecule has 0 atom stereocenters. The summed E-state index contributed by atoms with van der Waals surface area (Å²) < 4.78 is 26.6. The van der Waals surface area contributed by atoms with Gasteiger partial charge < -0.3 is 0 Å². The fourth-order valence-electron chi connectivity index (χ4n) is 1.64. The lowest BCUT2D eigenvalue weighted by Crippen LogP contribution is -2.24. The van der Waals surface area contributed by atoms with Gasteiger partial charge in [-0.1, -0.05) is 29.8 Å². The molecule has 0 aliphatic heterocycles. The zero-order valence-corrected chi connectivity index (χ0v) is 12.1. The molecule has 7 nitrogen and oxygen atoms in total. The Hall–Kier alpha value is -2.03. The summed E-state index contributed by atoms with van der Waals surface area (Å²) in [5, 5.41) is 11.0. The van der Waals surface area contributed by atoms with E-state index in [0.717, 1.165) is 6.07 Å². The Kier molecular flexibility index (Phi) is 4.51. The Morgan fingerprint density at radius 2 is 1.95 bits per heavy atom. The molecule has 110 valence electrons. The van der Waals surface area contributed by atoms with Crippen LogP contribution in [0.3, 0.4) is 0 Å². The molecule has 2 rings (SSSR count). The molecule has 21 heavy (non-hydrogen) atoms. The normalized spacial score (nSPS) is 11.3. The van der Waals surface area contributed by atoms with E-state index in [1.165, 1.54) is 24.4 Å². The van der Waals surface area contributed by atoms with E-state index in [-0.39, 0.29) is 11.7 Å². The number of para-hydroxylation sites is 1. The van der Waals surface area contributed by atoms with Crippen LogP contribution in [-0.2, 0) is 16.6 Å². The summed E-state index contributed by atoms with van der Waals surface area (Å²) in [6.45, 7) is -0.110. The molecule has 1 aromatic carbocycles. The summed E-state index contributed by atoms with van der Waals surface area (Å²) >= 11 is 5.83. The van der Waals surface area contributed by atoms with E-state index in [2.05, 4.69) is 9.71 Å². The van der Waals surface area contributed by atoms with Gasteiger partial charge in [0.2, 0.25) is 10.0 Å². The topological polar surface area (TPSA) is 102 Å². The van der Waals surface area contributed by atoms with Crippen molar-refractivity contribution in [3.8, 4) is 0 Å². The molecule has 0 radical (unpaired) electrons. The van der Waals surface area contributed by atoms with Crippen molar-refractivity contribution in [3.05, 3.63) is 63.4 Å². The average molecular weight is 328 g/mol. The number of nitro benzene ring substituents is 1. The zero-order valence-electron chi connectivity index (χ0n) is 10.6. The van der Waals surface area contributed by atoms with Crippen LogP contribution >= 0.6 is 11.6 Å². The summed E-state index contributed by atoms with van der Waals surface area (Å²) in [5.41, 5.74) is -0.0105. The van der Waals surface area contributed by atoms with Crippen molar-refractivity contribution in [2.75, 3.05) is 0 Å². The van der Waals surface area contributed by atoms with Gasteiger partial charge in [0.15, 0.2) is 4.90 Å². The van der Waals surface area contributed by atoms with E-state index in [4.69, 9.17) is 11.6 Å². The first-order valence-electron chi connectivity index (χ1n) is 5.74. The van der Waals surface area contributed by atoms with Crippen molar-refractivity contribution in [3.63, 3.8) is 0 Å². The third-order valence-electron chi connectivity index (χ3n) is 2.64. The number of nitro groups is 1. The molecule has 0 spiro atoms. The van der Waals surface area contributed by atoms with E-state index in [0.29, 0.717) is 5.56 Å². The Labute approximate surface area is 125 Å². The van der Waals surface area contributed by atoms with Crippen LogP contribution in [0.15, 0.2) is 47.5 Å². The summed E-state index contributed by atoms with van der Waals surface area (Å²) in [4.78, 5) is 13.6. The maximum Gasteiger partial charge on any atom is 0.289 e. The second kappa shape index (κ2) is 6.17. The first kappa shape index (κ1) is 15.4. The highest BCUT2D eigenvalue weighted by Gasteiger charge is 2.24. The molecular formula is C12H10ClN3O4S. The lowest BCUT2D eigenvalue weighted by molar-refractivity contribution is -0.387. The van der Waals surface area contributed by atoms with Crippen LogP contribution in [0, 0.1) is 10.1 Å². The lowest BCUT2D eigenvalue weighted by atomic mass is 10.3. The van der Waals surface area contributed by atoms with Gasteiger partial charge in [-0.2, -0.15) is 0 Å². The van der Waals surface area contributed by atoms with Crippen molar-refractivity contribution in [1.82, 2.24) is 9.71 Å². The molecule has 1 aromatic heterocycles. The van der Waals surface area contributed by atoms with Crippen LogP contribution in [-0.4, -0.2) is 18.3 Å². The number of pyridine rings is 1. The third-order valence-corrected chi connectivity index (χ3v) is 4.43. The highest BCUT2D eigenvalue weighted by Crippen LogP contribution is 2.23. The maximum atomic E-state index is 12.2. The minimum absolute atomic E-state index is 0.110. The predicted molar refractivity (Wildman–Crippen MR) is 76.4 cm³/mol. The Morgan fingerprint density at radius 1 is 1.24 bits per heavy atom. The molecule has 1 N–H and O–H groups in total. The smallest absolute Gasteiger partial charge is 0.258 e. The molecule has 0 aliphatic carbocycles. The largest absolute Gasteiger partial charge is 0.289 e. The number of benzene rings is 1. The fraction of sp³-hybridized carbons (Fsp3) is 0.0833. The number of nitrogens with zero attached hydrogens (tertiary/aromatic N) is 2. The molecule has 0 aliphatic rings. The van der Waals surface area contributed by atoms with Gasteiger partial charge in [0.05, 0.1) is 4.92 Å². The van der Waals surface area contributed by atoms with Gasteiger partial charge in [-0.05, 0) is 12.1 Å². The lowest BCUT2D eigenvalue weighted by Gasteiger charge is -2.08. The van der Waals surface area contributed by atoms with Crippen LogP contribution < -0.4 is 4.72 Å². The number of rotatable bonds is 5. The van der Waals surface area contributed by atoms with Crippen molar-refractivity contribution in [1.29, 1.82) is 0 Å². The van der Waals surface area contributed by atoms with Gasteiger partial charge in [0.1, 0.15) is 5.15 Å². The summed E-state index contributed by atoms with van der Waals surface area (Å²) in [6, 6.07) is 8.34. The van der Waals surface area contributed by atoms with Gasteiger partial charge in [-0.3, -0.25) is 10.1 Å². The van der Waals surface area contributed by atoms with E-state index in [1.807, 2.05) is 0 Å². The van der Waals surface area contributed by atoms with E-state index in [1.54, 1.807) is 12.1 Å². The van der Waals surface area contributed by atoms with E-state index >= 15 is 0 Å². The molecule has 0 fully saturated rings. The first-order chi connectivity index (χ1) is 9.92. The Balaban J connectivity index is 2.28. The van der Waals surface area contributed by atoms with Gasteiger partial charge in [-0.15, -0.1) is 0 Å². The average Bonchev–Trinajstić information content (AvgIpc) is 2.46. The van der Waals surface area contributed by atoms with E-state index in [9.17, 15) is 18.5 Å². The van der Waals surface area contributed by atoms with E-state index < -0.39 is 25.5 Å². The Morgan fingerprint density at radius 3 is 2.62 bits per heavy atom. The van der Waals surface area contributed by atoms with Gasteiger partial charge >= 0.3 is 0 Å². The van der Waals surface area contributed by atoms with Crippen LogP contribution in [0.4, 0.5) is 5.69 Å². The first-order valence-corrected chi connectivity index (χ1v) is 7.60. The number of hydrogen-bond acceptors (Lipinski definition) is 5. The van der Waals surface area contributed by atoms with Crippen LogP contribution in [0.2, 0.25) is 5.15 Å². The minimum Gasteiger partial charge on any atom is -0.258 e. The van der Waals surface area contributed by atoms with Crippen molar-refractivity contribution >= 4 is 27.3 Å². The van der Waals surface area contributed by atoms with Gasteiger partial charge in [0, 0.05) is 24.4 Å². The number of nitrogens with one attached hydrogen (secondary N) is 1. The quantitative estimate of drug-likeness (QED) is 0.515. The highest BCUT2D eigenvalue weighted by molar-refractivity contribution is 7.89. The summed E-state index contributed by atoms with van der Waals surface area (Å²) in [7, 11) is -4.03. The monoisotopic (exact) mass is 327 g/mol. The highest BCUT2D eigenvalue weighted by atomic mass is 35.5. The number of hydrogen-bond donors (Lipinski definition) is 1. The molecule has 0 saturated carbocycles. The second-order valence-electron chi connectivity index (χ2n) is 4.00. The van der Waals surface area contributed by atoms with Crippen LogP contribution in [0.1, 0.15) is 5.56 Å². The summed E-state index contributed by atoms with van der Waals surface area (Å²) in [6.07, 6.45) is 1.47. The number of sulfonamides is 1. The summed E-state index contributed by atoms with van der Waals surface area (Å²) in [5.74, 6) is 0. The van der Waals surface area contributed by atoms with Crippen LogP contribution in [0.25, 0.3) is 0 Å². The standard InChI is InChI=1S/C12H10ClN3O4S/c13-12-9(4-3-7-14-12)8-15-21(19,20)11-6-2-1-5-10(11)16(17)18/h1-7,15H,8H2. The SMILES string of the molecule is O=[N+]([O-])c1ccccc1S(=O)(=O)NCc1cccnc1Cl. The Bertz CT molecular complexity index is 780. The third kappa shape index (κ3) is 3.54.